The molecular weight excluding hydrogens is 225 g/mol. The smallest absolute Gasteiger partial charge is 0.300 e. The van der Waals surface area contributed by atoms with Crippen LogP contribution in [-0.2, 0) is 20.0 Å². The van der Waals surface area contributed by atoms with Crippen molar-refractivity contribution in [2.24, 2.45) is 0 Å². The maximum atomic E-state index is 11.8. The average Bonchev–Trinajstić information content (AvgIpc) is 2.30. The molecule has 0 aliphatic heterocycles. The van der Waals surface area contributed by atoms with Gasteiger partial charge in [-0.3, -0.25) is 0 Å². The van der Waals surface area contributed by atoms with Crippen LogP contribution in [0.3, 0.4) is 0 Å². The highest BCUT2D eigenvalue weighted by atomic mass is 31.2. The first-order chi connectivity index (χ1) is 7.59. The van der Waals surface area contributed by atoms with Crippen molar-refractivity contribution in [3.63, 3.8) is 0 Å². The van der Waals surface area contributed by atoms with Crippen LogP contribution in [0.25, 0.3) is 0 Å². The lowest BCUT2D eigenvalue weighted by molar-refractivity contribution is 0.259. The lowest BCUT2D eigenvalue weighted by atomic mass is 10.1. The average molecular weight is 243 g/mol. The Balaban J connectivity index is 2.54. The van der Waals surface area contributed by atoms with Crippen LogP contribution >= 0.6 is 7.75 Å². The van der Waals surface area contributed by atoms with Gasteiger partial charge in [-0.1, -0.05) is 30.3 Å². The summed E-state index contributed by atoms with van der Waals surface area (Å²) in [5, 5.41) is 2.85. The molecule has 0 radical (unpaired) electrons. The molecule has 0 saturated carbocycles. The van der Waals surface area contributed by atoms with Crippen LogP contribution in [0, 0.1) is 0 Å². The molecule has 0 heterocycles. The molecule has 0 aliphatic carbocycles. The summed E-state index contributed by atoms with van der Waals surface area (Å²) >= 11 is 0. The highest BCUT2D eigenvalue weighted by Gasteiger charge is 2.23. The van der Waals surface area contributed by atoms with Crippen molar-refractivity contribution in [1.29, 1.82) is 0 Å². The molecule has 90 valence electrons. The van der Waals surface area contributed by atoms with Crippen molar-refractivity contribution in [3.05, 3.63) is 35.9 Å². The Morgan fingerprint density at radius 1 is 1.25 bits per heavy atom. The SMILES string of the molecule is COP(=O)(NC(C)Cc1ccccc1)OC. The molecule has 0 aliphatic rings. The molecule has 4 nitrogen and oxygen atoms in total. The van der Waals surface area contributed by atoms with Gasteiger partial charge in [0.05, 0.1) is 0 Å². The van der Waals surface area contributed by atoms with E-state index in [9.17, 15) is 4.57 Å². The summed E-state index contributed by atoms with van der Waals surface area (Å²) in [6.07, 6.45) is 0.775. The molecule has 1 unspecified atom stereocenters. The van der Waals surface area contributed by atoms with Gasteiger partial charge < -0.3 is 9.05 Å². The molecule has 1 aromatic carbocycles. The van der Waals surface area contributed by atoms with Crippen molar-refractivity contribution in [2.45, 2.75) is 19.4 Å². The van der Waals surface area contributed by atoms with Gasteiger partial charge in [-0.05, 0) is 18.9 Å². The Labute approximate surface area is 96.6 Å². The van der Waals surface area contributed by atoms with Crippen LogP contribution < -0.4 is 5.09 Å². The maximum absolute atomic E-state index is 11.8. The van der Waals surface area contributed by atoms with Crippen LogP contribution in [-0.4, -0.2) is 20.3 Å². The predicted octanol–water partition coefficient (Wildman–Crippen LogP) is 2.61. The first kappa shape index (κ1) is 13.4. The molecule has 1 atom stereocenters. The number of hydrogen-bond donors (Lipinski definition) is 1. The Bertz CT molecular complexity index is 348. The van der Waals surface area contributed by atoms with Gasteiger partial charge in [0, 0.05) is 20.3 Å². The highest BCUT2D eigenvalue weighted by molar-refractivity contribution is 7.51. The van der Waals surface area contributed by atoms with Crippen molar-refractivity contribution >= 4 is 7.75 Å². The Morgan fingerprint density at radius 3 is 2.31 bits per heavy atom. The lowest BCUT2D eigenvalue weighted by Crippen LogP contribution is -2.26. The van der Waals surface area contributed by atoms with Crippen LogP contribution in [0.5, 0.6) is 0 Å². The molecule has 1 rings (SSSR count). The highest BCUT2D eigenvalue weighted by Crippen LogP contribution is 2.42. The van der Waals surface area contributed by atoms with E-state index in [0.29, 0.717) is 0 Å². The summed E-state index contributed by atoms with van der Waals surface area (Å²) < 4.78 is 21.4. The summed E-state index contributed by atoms with van der Waals surface area (Å²) in [5.74, 6) is 0. The van der Waals surface area contributed by atoms with Gasteiger partial charge in [0.1, 0.15) is 0 Å². The standard InChI is InChI=1S/C11H18NO3P/c1-10(12-16(13,14-2)15-3)9-11-7-5-4-6-8-11/h4-8,10H,9H2,1-3H3,(H,12,13). The van der Waals surface area contributed by atoms with Gasteiger partial charge in [-0.2, -0.15) is 0 Å². The van der Waals surface area contributed by atoms with Crippen LogP contribution in [0.2, 0.25) is 0 Å². The number of benzene rings is 1. The van der Waals surface area contributed by atoms with Gasteiger partial charge in [0.15, 0.2) is 0 Å². The Morgan fingerprint density at radius 2 is 1.81 bits per heavy atom. The fourth-order valence-electron chi connectivity index (χ4n) is 1.46. The number of hydrogen-bond acceptors (Lipinski definition) is 3. The topological polar surface area (TPSA) is 47.6 Å². The van der Waals surface area contributed by atoms with Gasteiger partial charge in [0.25, 0.3) is 0 Å². The molecule has 0 bridgehead atoms. The van der Waals surface area contributed by atoms with E-state index in [4.69, 9.17) is 9.05 Å². The quantitative estimate of drug-likeness (QED) is 0.780. The molecule has 0 spiro atoms. The van der Waals surface area contributed by atoms with Gasteiger partial charge in [0.2, 0.25) is 0 Å². The van der Waals surface area contributed by atoms with Crippen molar-refractivity contribution in [3.8, 4) is 0 Å². The molecule has 0 fully saturated rings. The predicted molar refractivity (Wildman–Crippen MR) is 64.4 cm³/mol. The maximum Gasteiger partial charge on any atom is 0.405 e. The first-order valence-electron chi connectivity index (χ1n) is 5.13. The van der Waals surface area contributed by atoms with Crippen molar-refractivity contribution in [1.82, 2.24) is 5.09 Å². The molecule has 1 aromatic rings. The molecule has 1 N–H and O–H groups in total. The van der Waals surface area contributed by atoms with E-state index >= 15 is 0 Å². The summed E-state index contributed by atoms with van der Waals surface area (Å²) in [7, 11) is -0.389. The summed E-state index contributed by atoms with van der Waals surface area (Å²) in [5.41, 5.74) is 1.18. The number of rotatable bonds is 6. The summed E-state index contributed by atoms with van der Waals surface area (Å²) in [4.78, 5) is 0. The van der Waals surface area contributed by atoms with E-state index in [1.165, 1.54) is 19.8 Å². The normalized spacial score (nSPS) is 13.7. The zero-order valence-electron chi connectivity index (χ0n) is 9.84. The van der Waals surface area contributed by atoms with E-state index in [2.05, 4.69) is 5.09 Å². The monoisotopic (exact) mass is 243 g/mol. The fourth-order valence-corrected chi connectivity index (χ4v) is 2.45. The van der Waals surface area contributed by atoms with E-state index in [1.807, 2.05) is 37.3 Å². The lowest BCUT2D eigenvalue weighted by Gasteiger charge is -2.20. The van der Waals surface area contributed by atoms with E-state index in [0.717, 1.165) is 6.42 Å². The van der Waals surface area contributed by atoms with Gasteiger partial charge in [-0.25, -0.2) is 9.65 Å². The van der Waals surface area contributed by atoms with E-state index in [-0.39, 0.29) is 6.04 Å². The minimum atomic E-state index is -3.12. The molecule has 16 heavy (non-hydrogen) atoms. The third-order valence-corrected chi connectivity index (χ3v) is 3.96. The molecule has 0 amide bonds. The summed E-state index contributed by atoms with van der Waals surface area (Å²) in [6.45, 7) is 1.94. The first-order valence-corrected chi connectivity index (χ1v) is 6.67. The van der Waals surface area contributed by atoms with Crippen LogP contribution in [0.4, 0.5) is 0 Å². The summed E-state index contributed by atoms with van der Waals surface area (Å²) in [6, 6.07) is 10.0. The zero-order chi connectivity index (χ0) is 12.0. The van der Waals surface area contributed by atoms with Crippen LogP contribution in [0.1, 0.15) is 12.5 Å². The third kappa shape index (κ3) is 4.06. The second-order valence-electron chi connectivity index (χ2n) is 3.58. The van der Waals surface area contributed by atoms with Crippen molar-refractivity contribution < 1.29 is 13.6 Å². The minimum Gasteiger partial charge on any atom is -0.300 e. The second kappa shape index (κ2) is 6.16. The number of nitrogens with one attached hydrogen (secondary N) is 1. The molecule has 0 saturated heterocycles. The van der Waals surface area contributed by atoms with Crippen molar-refractivity contribution in [2.75, 3.05) is 14.2 Å². The van der Waals surface area contributed by atoms with Crippen LogP contribution in [0.15, 0.2) is 30.3 Å². The zero-order valence-corrected chi connectivity index (χ0v) is 10.7. The van der Waals surface area contributed by atoms with Gasteiger partial charge in [-0.15, -0.1) is 0 Å². The second-order valence-corrected chi connectivity index (χ2v) is 5.57. The fraction of sp³-hybridized carbons (Fsp3) is 0.455. The Hall–Kier alpha value is -0.670. The van der Waals surface area contributed by atoms with E-state index < -0.39 is 7.75 Å². The molecule has 5 heteroatoms. The van der Waals surface area contributed by atoms with Gasteiger partial charge >= 0.3 is 7.75 Å². The Kier molecular flexibility index (Phi) is 5.16. The van der Waals surface area contributed by atoms with E-state index in [1.54, 1.807) is 0 Å². The minimum absolute atomic E-state index is 0.0214. The molecular formula is C11H18NO3P. The largest absolute Gasteiger partial charge is 0.405 e. The molecule has 0 aromatic heterocycles. The third-order valence-electron chi connectivity index (χ3n) is 2.24.